The summed E-state index contributed by atoms with van der Waals surface area (Å²) in [5.74, 6) is 1.75. The molecule has 0 N–H and O–H groups in total. The Hall–Kier alpha value is -6.48. The fraction of sp³-hybridized carbons (Fsp3) is 0.178. The fourth-order valence-electron chi connectivity index (χ4n) is 5.65. The number of anilines is 1. The molecule has 8 nitrogen and oxygen atoms in total. The van der Waals surface area contributed by atoms with Crippen LogP contribution in [0.4, 0.5) is 10.1 Å². The second-order valence-corrected chi connectivity index (χ2v) is 12.5. The first-order chi connectivity index (χ1) is 26.4. The van der Waals surface area contributed by atoms with E-state index in [0.717, 1.165) is 58.8 Å². The minimum Gasteiger partial charge on any atom is -0.494 e. The maximum atomic E-state index is 13.1. The Morgan fingerprint density at radius 3 is 1.43 bits per heavy atom. The molecule has 9 heteroatoms. The van der Waals surface area contributed by atoms with Crippen molar-refractivity contribution in [3.05, 3.63) is 156 Å². The number of nitrogens with zero attached hydrogens (tertiary/aromatic N) is 1. The highest BCUT2D eigenvalue weighted by atomic mass is 19.1. The minimum absolute atomic E-state index is 0.193. The van der Waals surface area contributed by atoms with Crippen molar-refractivity contribution in [2.24, 2.45) is 0 Å². The van der Waals surface area contributed by atoms with Crippen LogP contribution in [0.2, 0.25) is 0 Å². The van der Waals surface area contributed by atoms with Crippen molar-refractivity contribution in [3.63, 3.8) is 0 Å². The molecule has 0 aliphatic carbocycles. The Bertz CT molecular complexity index is 2040. The van der Waals surface area contributed by atoms with Crippen LogP contribution in [0, 0.1) is 5.82 Å². The van der Waals surface area contributed by atoms with Crippen molar-refractivity contribution in [2.45, 2.75) is 25.7 Å². The van der Waals surface area contributed by atoms with Crippen LogP contribution in [0.25, 0.3) is 17.2 Å². The number of halogens is 1. The summed E-state index contributed by atoms with van der Waals surface area (Å²) < 4.78 is 36.5. The van der Waals surface area contributed by atoms with E-state index in [9.17, 15) is 18.8 Å². The lowest BCUT2D eigenvalue weighted by atomic mass is 10.1. The highest BCUT2D eigenvalue weighted by Crippen LogP contribution is 2.26. The van der Waals surface area contributed by atoms with Gasteiger partial charge in [0, 0.05) is 17.7 Å². The van der Waals surface area contributed by atoms with E-state index in [0.29, 0.717) is 49.2 Å². The second kappa shape index (κ2) is 18.8. The third kappa shape index (κ3) is 10.8. The van der Waals surface area contributed by atoms with Gasteiger partial charge in [0.05, 0.1) is 18.9 Å². The Balaban J connectivity index is 0.818. The van der Waals surface area contributed by atoms with E-state index < -0.39 is 0 Å². The van der Waals surface area contributed by atoms with E-state index >= 15 is 0 Å². The number of carbonyl (C=O) groups is 3. The summed E-state index contributed by atoms with van der Waals surface area (Å²) in [6, 6.07) is 35.8. The molecule has 0 aromatic heterocycles. The van der Waals surface area contributed by atoms with Crippen LogP contribution in [0.5, 0.6) is 23.0 Å². The third-order valence-electron chi connectivity index (χ3n) is 8.58. The number of benzene rings is 5. The van der Waals surface area contributed by atoms with Gasteiger partial charge >= 0.3 is 0 Å². The zero-order chi connectivity index (χ0) is 37.5. The summed E-state index contributed by atoms with van der Waals surface area (Å²) in [5.41, 5.74) is 3.97. The third-order valence-corrected chi connectivity index (χ3v) is 8.58. The lowest BCUT2D eigenvalue weighted by Gasteiger charge is -2.14. The van der Waals surface area contributed by atoms with E-state index in [1.165, 1.54) is 42.5 Å². The maximum Gasteiger partial charge on any atom is 0.258 e. The molecular weight excluding hydrogens is 685 g/mol. The van der Waals surface area contributed by atoms with Gasteiger partial charge in [-0.1, -0.05) is 42.5 Å². The number of allylic oxidation sites excluding steroid dienone is 1. The SMILES string of the molecule is O=C(C=Cc1ccc(OCCOc2ccc(-c3ccc(OCCCCCCOc4ccc(N5C(=O)C=CC5=O)cc4)cc3)cc2)cc1)c1ccc(F)cc1. The Labute approximate surface area is 314 Å². The predicted molar refractivity (Wildman–Crippen MR) is 207 cm³/mol. The lowest BCUT2D eigenvalue weighted by molar-refractivity contribution is -0.120. The normalized spacial score (nSPS) is 12.4. The zero-order valence-corrected chi connectivity index (χ0v) is 29.7. The summed E-state index contributed by atoms with van der Waals surface area (Å²) in [4.78, 5) is 37.0. The predicted octanol–water partition coefficient (Wildman–Crippen LogP) is 9.29. The standard InChI is InChI=1S/C45H40FNO7/c46-37-14-8-36(9-15-37)43(48)26-7-33-5-18-39(19-6-33)53-31-32-54-41-22-12-35(13-23-41)34-10-20-40(21-11-34)51-29-3-1-2-4-30-52-42-24-16-38(17-25-42)47-44(49)27-28-45(47)50/h5-28H,1-4,29-32H2. The number of hydrogen-bond acceptors (Lipinski definition) is 7. The van der Waals surface area contributed by atoms with Crippen LogP contribution in [-0.2, 0) is 9.59 Å². The molecule has 2 amide bonds. The van der Waals surface area contributed by atoms with Gasteiger partial charge in [0.1, 0.15) is 42.0 Å². The van der Waals surface area contributed by atoms with Crippen LogP contribution < -0.4 is 23.8 Å². The number of ether oxygens (including phenoxy) is 4. The van der Waals surface area contributed by atoms with Gasteiger partial charge in [-0.2, -0.15) is 0 Å². The molecule has 0 bridgehead atoms. The van der Waals surface area contributed by atoms with Crippen LogP contribution in [0.1, 0.15) is 41.6 Å². The van der Waals surface area contributed by atoms with Crippen molar-refractivity contribution < 1.29 is 37.7 Å². The molecule has 0 saturated carbocycles. The monoisotopic (exact) mass is 725 g/mol. The average molecular weight is 726 g/mol. The molecule has 0 saturated heterocycles. The van der Waals surface area contributed by atoms with Crippen molar-refractivity contribution in [2.75, 3.05) is 31.3 Å². The molecule has 5 aromatic rings. The highest BCUT2D eigenvalue weighted by Gasteiger charge is 2.24. The molecule has 0 radical (unpaired) electrons. The van der Waals surface area contributed by atoms with Crippen molar-refractivity contribution in [1.82, 2.24) is 0 Å². The van der Waals surface area contributed by atoms with Gasteiger partial charge in [-0.25, -0.2) is 9.29 Å². The topological polar surface area (TPSA) is 91.4 Å². The van der Waals surface area contributed by atoms with Gasteiger partial charge < -0.3 is 18.9 Å². The molecule has 6 rings (SSSR count). The molecule has 0 spiro atoms. The summed E-state index contributed by atoms with van der Waals surface area (Å²) >= 11 is 0. The molecule has 274 valence electrons. The van der Waals surface area contributed by atoms with Crippen LogP contribution in [0.15, 0.2) is 140 Å². The van der Waals surface area contributed by atoms with E-state index in [4.69, 9.17) is 18.9 Å². The van der Waals surface area contributed by atoms with E-state index in [1.807, 2.05) is 72.8 Å². The number of ketones is 1. The van der Waals surface area contributed by atoms with Crippen molar-refractivity contribution in [1.29, 1.82) is 0 Å². The first-order valence-corrected chi connectivity index (χ1v) is 17.9. The smallest absolute Gasteiger partial charge is 0.258 e. The molecular formula is C45H40FNO7. The Morgan fingerprint density at radius 2 is 0.944 bits per heavy atom. The number of carbonyl (C=O) groups excluding carboxylic acids is 3. The average Bonchev–Trinajstić information content (AvgIpc) is 3.54. The first kappa shape index (κ1) is 37.3. The Kier molecular flexibility index (Phi) is 13.0. The Morgan fingerprint density at radius 1 is 0.519 bits per heavy atom. The van der Waals surface area contributed by atoms with E-state index in [-0.39, 0.29) is 23.4 Å². The van der Waals surface area contributed by atoms with Crippen molar-refractivity contribution in [3.8, 4) is 34.1 Å². The number of hydrogen-bond donors (Lipinski definition) is 0. The summed E-state index contributed by atoms with van der Waals surface area (Å²) in [6.07, 6.45) is 9.64. The summed E-state index contributed by atoms with van der Waals surface area (Å²) in [7, 11) is 0. The number of imide groups is 1. The lowest BCUT2D eigenvalue weighted by Crippen LogP contribution is -2.29. The molecule has 1 aliphatic heterocycles. The van der Waals surface area contributed by atoms with Crippen molar-refractivity contribution >= 4 is 29.4 Å². The highest BCUT2D eigenvalue weighted by molar-refractivity contribution is 6.28. The number of unbranched alkanes of at least 4 members (excludes halogenated alkanes) is 3. The largest absolute Gasteiger partial charge is 0.494 e. The molecule has 1 heterocycles. The van der Waals surface area contributed by atoms with Gasteiger partial charge in [-0.15, -0.1) is 0 Å². The number of rotatable bonds is 19. The van der Waals surface area contributed by atoms with Gasteiger partial charge in [0.15, 0.2) is 5.78 Å². The van der Waals surface area contributed by atoms with E-state index in [2.05, 4.69) is 0 Å². The fourth-order valence-corrected chi connectivity index (χ4v) is 5.65. The number of amides is 2. The molecule has 0 fully saturated rings. The zero-order valence-electron chi connectivity index (χ0n) is 29.7. The van der Waals surface area contributed by atoms with Gasteiger partial charge in [0.25, 0.3) is 11.8 Å². The molecule has 0 unspecified atom stereocenters. The molecule has 0 atom stereocenters. The summed E-state index contributed by atoms with van der Waals surface area (Å²) in [6.45, 7) is 1.99. The molecule has 54 heavy (non-hydrogen) atoms. The van der Waals surface area contributed by atoms with Crippen LogP contribution in [-0.4, -0.2) is 44.0 Å². The van der Waals surface area contributed by atoms with Gasteiger partial charge in [0.2, 0.25) is 0 Å². The molecule has 1 aliphatic rings. The van der Waals surface area contributed by atoms with Crippen LogP contribution >= 0.6 is 0 Å². The quantitative estimate of drug-likeness (QED) is 0.0363. The maximum absolute atomic E-state index is 13.1. The second-order valence-electron chi connectivity index (χ2n) is 12.5. The minimum atomic E-state index is -0.376. The summed E-state index contributed by atoms with van der Waals surface area (Å²) in [5, 5.41) is 0. The first-order valence-electron chi connectivity index (χ1n) is 17.9. The van der Waals surface area contributed by atoms with E-state index in [1.54, 1.807) is 30.3 Å². The molecule has 5 aromatic carbocycles. The van der Waals surface area contributed by atoms with Crippen LogP contribution in [0.3, 0.4) is 0 Å². The van der Waals surface area contributed by atoms with Gasteiger partial charge in [-0.05, 0) is 133 Å². The van der Waals surface area contributed by atoms with Gasteiger partial charge in [-0.3, -0.25) is 14.4 Å².